The molecular weight excluding hydrogens is 370 g/mol. The van der Waals surface area contributed by atoms with E-state index >= 15 is 0 Å². The van der Waals surface area contributed by atoms with Crippen LogP contribution in [0, 0.1) is 6.92 Å². The number of aryl methyl sites for hydroxylation is 1. The first-order chi connectivity index (χ1) is 13.6. The number of nitrogens with one attached hydrogen (secondary N) is 1. The van der Waals surface area contributed by atoms with Crippen molar-refractivity contribution in [1.82, 2.24) is 4.90 Å². The maximum absolute atomic E-state index is 12.6. The van der Waals surface area contributed by atoms with Crippen molar-refractivity contribution >= 4 is 29.2 Å². The van der Waals surface area contributed by atoms with Gasteiger partial charge in [-0.15, -0.1) is 11.8 Å². The van der Waals surface area contributed by atoms with Gasteiger partial charge in [0, 0.05) is 42.9 Å². The summed E-state index contributed by atoms with van der Waals surface area (Å²) in [5.74, 6) is 0. The lowest BCUT2D eigenvalue weighted by Gasteiger charge is -2.37. The SMILES string of the molecule is CSc1ccc(NC(=O)N2CCC3(CC2)CC(c2ccc(C)cc2)=NO3)cc1. The van der Waals surface area contributed by atoms with E-state index in [4.69, 9.17) is 4.84 Å². The van der Waals surface area contributed by atoms with Gasteiger partial charge < -0.3 is 15.1 Å². The lowest BCUT2D eigenvalue weighted by molar-refractivity contribution is -0.0544. The van der Waals surface area contributed by atoms with Gasteiger partial charge in [-0.1, -0.05) is 35.0 Å². The van der Waals surface area contributed by atoms with Crippen LogP contribution in [0.5, 0.6) is 0 Å². The molecule has 1 spiro atoms. The number of nitrogens with zero attached hydrogens (tertiary/aromatic N) is 2. The fourth-order valence-electron chi connectivity index (χ4n) is 3.68. The summed E-state index contributed by atoms with van der Waals surface area (Å²) in [5.41, 5.74) is 3.92. The van der Waals surface area contributed by atoms with Crippen LogP contribution < -0.4 is 5.32 Å². The van der Waals surface area contributed by atoms with E-state index in [0.29, 0.717) is 13.1 Å². The van der Waals surface area contributed by atoms with E-state index < -0.39 is 0 Å². The average molecular weight is 396 g/mol. The Labute approximate surface area is 170 Å². The molecule has 2 aliphatic heterocycles. The third kappa shape index (κ3) is 4.02. The highest BCUT2D eigenvalue weighted by Gasteiger charge is 2.43. The monoisotopic (exact) mass is 395 g/mol. The number of benzene rings is 2. The summed E-state index contributed by atoms with van der Waals surface area (Å²) >= 11 is 1.69. The Morgan fingerprint density at radius 2 is 1.79 bits per heavy atom. The lowest BCUT2D eigenvalue weighted by atomic mass is 9.85. The maximum Gasteiger partial charge on any atom is 0.321 e. The van der Waals surface area contributed by atoms with Crippen molar-refractivity contribution in [3.63, 3.8) is 0 Å². The molecule has 2 aromatic carbocycles. The van der Waals surface area contributed by atoms with Crippen LogP contribution in [0.1, 0.15) is 30.4 Å². The Morgan fingerprint density at radius 3 is 2.43 bits per heavy atom. The summed E-state index contributed by atoms with van der Waals surface area (Å²) in [5, 5.41) is 7.35. The van der Waals surface area contributed by atoms with E-state index in [9.17, 15) is 4.79 Å². The molecule has 0 radical (unpaired) electrons. The van der Waals surface area contributed by atoms with Gasteiger partial charge in [0.15, 0.2) is 0 Å². The molecule has 0 saturated carbocycles. The number of carbonyl (C=O) groups excluding carboxylic acids is 1. The van der Waals surface area contributed by atoms with Crippen LogP contribution in [0.2, 0.25) is 0 Å². The van der Waals surface area contributed by atoms with E-state index in [1.54, 1.807) is 11.8 Å². The zero-order valence-corrected chi connectivity index (χ0v) is 17.1. The zero-order valence-electron chi connectivity index (χ0n) is 16.3. The van der Waals surface area contributed by atoms with Crippen molar-refractivity contribution in [2.75, 3.05) is 24.7 Å². The second kappa shape index (κ2) is 7.87. The van der Waals surface area contributed by atoms with Gasteiger partial charge in [-0.25, -0.2) is 4.79 Å². The number of likely N-dealkylation sites (tertiary alicyclic amines) is 1. The van der Waals surface area contributed by atoms with Gasteiger partial charge in [-0.2, -0.15) is 0 Å². The van der Waals surface area contributed by atoms with Crippen molar-refractivity contribution in [3.8, 4) is 0 Å². The molecule has 0 aliphatic carbocycles. The largest absolute Gasteiger partial charge is 0.388 e. The minimum Gasteiger partial charge on any atom is -0.388 e. The molecule has 0 bridgehead atoms. The second-order valence-corrected chi connectivity index (χ2v) is 8.38. The predicted octanol–water partition coefficient (Wildman–Crippen LogP) is 4.91. The van der Waals surface area contributed by atoms with Crippen LogP contribution in [-0.4, -0.2) is 41.6 Å². The first-order valence-electron chi connectivity index (χ1n) is 9.59. The summed E-state index contributed by atoms with van der Waals surface area (Å²) in [4.78, 5) is 21.5. The maximum atomic E-state index is 12.6. The van der Waals surface area contributed by atoms with Gasteiger partial charge in [-0.05, 0) is 43.0 Å². The quantitative estimate of drug-likeness (QED) is 0.752. The van der Waals surface area contributed by atoms with Crippen molar-refractivity contribution in [2.24, 2.45) is 5.16 Å². The first-order valence-corrected chi connectivity index (χ1v) is 10.8. The average Bonchev–Trinajstić information content (AvgIpc) is 3.13. The molecule has 2 aromatic rings. The van der Waals surface area contributed by atoms with E-state index in [2.05, 4.69) is 41.7 Å². The van der Waals surface area contributed by atoms with Crippen LogP contribution in [-0.2, 0) is 4.84 Å². The minimum absolute atomic E-state index is 0.0515. The van der Waals surface area contributed by atoms with Crippen molar-refractivity contribution in [2.45, 2.75) is 36.7 Å². The van der Waals surface area contributed by atoms with Crippen LogP contribution in [0.4, 0.5) is 10.5 Å². The number of hydrogen-bond donors (Lipinski definition) is 1. The van der Waals surface area contributed by atoms with E-state index in [0.717, 1.165) is 36.2 Å². The molecule has 0 aromatic heterocycles. The van der Waals surface area contributed by atoms with Gasteiger partial charge in [0.25, 0.3) is 0 Å². The molecule has 28 heavy (non-hydrogen) atoms. The standard InChI is InChI=1S/C22H25N3O2S/c1-16-3-5-17(6-4-16)20-15-22(27-24-20)11-13-25(14-12-22)21(26)23-18-7-9-19(28-2)10-8-18/h3-10H,11-15H2,1-2H3,(H,23,26). The molecule has 1 saturated heterocycles. The number of rotatable bonds is 3. The number of thioether (sulfide) groups is 1. The molecule has 2 amide bonds. The summed E-state index contributed by atoms with van der Waals surface area (Å²) < 4.78 is 0. The second-order valence-electron chi connectivity index (χ2n) is 7.50. The van der Waals surface area contributed by atoms with Gasteiger partial charge in [0.1, 0.15) is 5.60 Å². The Bertz CT molecular complexity index is 870. The highest BCUT2D eigenvalue weighted by atomic mass is 32.2. The van der Waals surface area contributed by atoms with Gasteiger partial charge in [-0.3, -0.25) is 0 Å². The molecule has 4 rings (SSSR count). The number of piperidine rings is 1. The normalized spacial score (nSPS) is 17.9. The summed E-state index contributed by atoms with van der Waals surface area (Å²) in [6, 6.07) is 16.3. The number of oxime groups is 1. The molecule has 2 heterocycles. The zero-order chi connectivity index (χ0) is 19.6. The molecule has 6 heteroatoms. The summed E-state index contributed by atoms with van der Waals surface area (Å²) in [6.45, 7) is 3.42. The number of urea groups is 1. The Morgan fingerprint density at radius 1 is 1.11 bits per heavy atom. The molecular formula is C22H25N3O2S. The van der Waals surface area contributed by atoms with E-state index in [1.165, 1.54) is 10.5 Å². The van der Waals surface area contributed by atoms with Crippen molar-refractivity contribution in [3.05, 3.63) is 59.7 Å². The Kier molecular flexibility index (Phi) is 5.31. The van der Waals surface area contributed by atoms with Crippen LogP contribution in [0.25, 0.3) is 0 Å². The summed E-state index contributed by atoms with van der Waals surface area (Å²) in [6.07, 6.45) is 4.44. The molecule has 1 N–H and O–H groups in total. The Hall–Kier alpha value is -2.47. The molecule has 0 unspecified atom stereocenters. The predicted molar refractivity (Wildman–Crippen MR) is 114 cm³/mol. The fourth-order valence-corrected chi connectivity index (χ4v) is 4.09. The molecule has 2 aliphatic rings. The smallest absolute Gasteiger partial charge is 0.321 e. The highest BCUT2D eigenvalue weighted by molar-refractivity contribution is 7.98. The van der Waals surface area contributed by atoms with Crippen molar-refractivity contribution < 1.29 is 9.63 Å². The number of amides is 2. The van der Waals surface area contributed by atoms with Crippen LogP contribution in [0.15, 0.2) is 58.6 Å². The molecule has 1 fully saturated rings. The fraction of sp³-hybridized carbons (Fsp3) is 0.364. The first kappa shape index (κ1) is 18.9. The third-order valence-corrected chi connectivity index (χ3v) is 6.27. The van der Waals surface area contributed by atoms with Crippen molar-refractivity contribution in [1.29, 1.82) is 0 Å². The number of carbonyl (C=O) groups is 1. The van der Waals surface area contributed by atoms with Gasteiger partial charge in [0.05, 0.1) is 5.71 Å². The number of anilines is 1. The third-order valence-electron chi connectivity index (χ3n) is 5.53. The van der Waals surface area contributed by atoms with Crippen LogP contribution >= 0.6 is 11.8 Å². The minimum atomic E-state index is -0.267. The topological polar surface area (TPSA) is 53.9 Å². The van der Waals surface area contributed by atoms with Crippen LogP contribution in [0.3, 0.4) is 0 Å². The van der Waals surface area contributed by atoms with Gasteiger partial charge >= 0.3 is 6.03 Å². The van der Waals surface area contributed by atoms with Gasteiger partial charge in [0.2, 0.25) is 0 Å². The summed E-state index contributed by atoms with van der Waals surface area (Å²) in [7, 11) is 0. The lowest BCUT2D eigenvalue weighted by Crippen LogP contribution is -2.48. The van der Waals surface area contributed by atoms with E-state index in [1.807, 2.05) is 35.4 Å². The number of hydrogen-bond acceptors (Lipinski definition) is 4. The Balaban J connectivity index is 1.32. The molecule has 5 nitrogen and oxygen atoms in total. The highest BCUT2D eigenvalue weighted by Crippen LogP contribution is 2.36. The molecule has 146 valence electrons. The molecule has 0 atom stereocenters. The van der Waals surface area contributed by atoms with E-state index in [-0.39, 0.29) is 11.6 Å².